The number of hydrogen-bond donors (Lipinski definition) is 0. The normalized spacial score (nSPS) is 12.6. The minimum Gasteiger partial charge on any atom is -0.454 e. The predicted octanol–water partition coefficient (Wildman–Crippen LogP) is 4.06. The van der Waals surface area contributed by atoms with Gasteiger partial charge >= 0.3 is 11.6 Å². The van der Waals surface area contributed by atoms with Crippen LogP contribution in [0.3, 0.4) is 0 Å². The van der Waals surface area contributed by atoms with E-state index in [0.29, 0.717) is 39.3 Å². The fourth-order valence-electron chi connectivity index (χ4n) is 3.01. The number of fused-ring (bicyclic) bond motifs is 2. The Morgan fingerprint density at radius 1 is 1.07 bits per heavy atom. The van der Waals surface area contributed by atoms with Crippen LogP contribution in [0.5, 0.6) is 17.2 Å². The number of ether oxygens (including phenoxy) is 3. The average molecular weight is 366 g/mol. The van der Waals surface area contributed by atoms with Gasteiger partial charge < -0.3 is 18.6 Å². The van der Waals surface area contributed by atoms with Gasteiger partial charge in [0, 0.05) is 5.39 Å². The van der Waals surface area contributed by atoms with Crippen molar-refractivity contribution in [2.75, 3.05) is 6.79 Å². The summed E-state index contributed by atoms with van der Waals surface area (Å²) in [5.74, 6) is 1.09. The van der Waals surface area contributed by atoms with Gasteiger partial charge in [-0.3, -0.25) is 4.79 Å². The summed E-state index contributed by atoms with van der Waals surface area (Å²) >= 11 is 0. The molecule has 2 heterocycles. The van der Waals surface area contributed by atoms with E-state index < -0.39 is 5.63 Å². The fourth-order valence-corrected chi connectivity index (χ4v) is 3.01. The molecule has 0 atom stereocenters. The third-order valence-electron chi connectivity index (χ3n) is 4.49. The summed E-state index contributed by atoms with van der Waals surface area (Å²) in [7, 11) is 0. The molecule has 0 aliphatic carbocycles. The molecule has 6 nitrogen and oxygen atoms in total. The first-order valence-electron chi connectivity index (χ1n) is 8.63. The first kappa shape index (κ1) is 17.1. The van der Waals surface area contributed by atoms with Crippen molar-refractivity contribution in [1.82, 2.24) is 0 Å². The number of rotatable bonds is 3. The Balaban J connectivity index is 1.84. The second-order valence-corrected chi connectivity index (χ2v) is 6.69. The van der Waals surface area contributed by atoms with Gasteiger partial charge in [-0.2, -0.15) is 0 Å². The van der Waals surface area contributed by atoms with Gasteiger partial charge in [-0.05, 0) is 48.4 Å². The van der Waals surface area contributed by atoms with Crippen molar-refractivity contribution >= 4 is 16.9 Å². The van der Waals surface area contributed by atoms with E-state index in [1.807, 2.05) is 6.92 Å². The van der Waals surface area contributed by atoms with Crippen molar-refractivity contribution in [2.45, 2.75) is 20.8 Å². The largest absolute Gasteiger partial charge is 0.454 e. The maximum Gasteiger partial charge on any atom is 0.344 e. The van der Waals surface area contributed by atoms with E-state index in [1.165, 1.54) is 0 Å². The smallest absolute Gasteiger partial charge is 0.344 e. The Kier molecular flexibility index (Phi) is 4.11. The maximum absolute atomic E-state index is 12.6. The highest BCUT2D eigenvalue weighted by Gasteiger charge is 2.19. The molecule has 3 aromatic rings. The minimum atomic E-state index is -0.439. The summed E-state index contributed by atoms with van der Waals surface area (Å²) in [5, 5.41) is 0.705. The molecule has 6 heteroatoms. The maximum atomic E-state index is 12.6. The summed E-state index contributed by atoms with van der Waals surface area (Å²) in [5.41, 5.74) is 1.85. The van der Waals surface area contributed by atoms with Crippen LogP contribution in [0.25, 0.3) is 22.1 Å². The molecule has 0 unspecified atom stereocenters. The van der Waals surface area contributed by atoms with E-state index in [9.17, 15) is 9.59 Å². The molecular formula is C21H18O6. The van der Waals surface area contributed by atoms with Gasteiger partial charge in [-0.15, -0.1) is 0 Å². The zero-order valence-electron chi connectivity index (χ0n) is 15.2. The topological polar surface area (TPSA) is 75.0 Å². The number of benzene rings is 2. The van der Waals surface area contributed by atoms with E-state index in [4.69, 9.17) is 18.6 Å². The van der Waals surface area contributed by atoms with Gasteiger partial charge in [0.2, 0.25) is 6.79 Å². The Hall–Kier alpha value is -3.28. The zero-order chi connectivity index (χ0) is 19.1. The van der Waals surface area contributed by atoms with E-state index in [0.717, 1.165) is 5.56 Å². The fraction of sp³-hybridized carbons (Fsp3) is 0.238. The van der Waals surface area contributed by atoms with E-state index in [2.05, 4.69) is 0 Å². The molecular weight excluding hydrogens is 348 g/mol. The van der Waals surface area contributed by atoms with Crippen molar-refractivity contribution in [3.8, 4) is 28.4 Å². The van der Waals surface area contributed by atoms with E-state index in [-0.39, 0.29) is 18.7 Å². The van der Waals surface area contributed by atoms with E-state index >= 15 is 0 Å². The molecule has 27 heavy (non-hydrogen) atoms. The molecule has 138 valence electrons. The van der Waals surface area contributed by atoms with Crippen LogP contribution in [0, 0.1) is 12.8 Å². The van der Waals surface area contributed by atoms with Crippen LogP contribution in [0.2, 0.25) is 0 Å². The first-order chi connectivity index (χ1) is 12.9. The predicted molar refractivity (Wildman–Crippen MR) is 99.3 cm³/mol. The Bertz CT molecular complexity index is 1110. The molecule has 0 amide bonds. The highest BCUT2D eigenvalue weighted by atomic mass is 16.7. The van der Waals surface area contributed by atoms with Crippen molar-refractivity contribution < 1.29 is 23.4 Å². The lowest BCUT2D eigenvalue weighted by atomic mass is 9.99. The molecule has 0 saturated carbocycles. The Morgan fingerprint density at radius 2 is 1.85 bits per heavy atom. The van der Waals surface area contributed by atoms with Gasteiger partial charge in [-0.25, -0.2) is 4.79 Å². The molecule has 2 aromatic carbocycles. The molecule has 4 rings (SSSR count). The highest BCUT2D eigenvalue weighted by molar-refractivity contribution is 5.88. The van der Waals surface area contributed by atoms with Crippen LogP contribution >= 0.6 is 0 Å². The molecule has 0 fully saturated rings. The lowest BCUT2D eigenvalue weighted by Crippen LogP contribution is -2.14. The summed E-state index contributed by atoms with van der Waals surface area (Å²) in [4.78, 5) is 24.4. The average Bonchev–Trinajstić information content (AvgIpc) is 3.10. The lowest BCUT2D eigenvalue weighted by molar-refractivity contribution is -0.137. The molecule has 1 aromatic heterocycles. The summed E-state index contributed by atoms with van der Waals surface area (Å²) < 4.78 is 21.6. The number of hydrogen-bond acceptors (Lipinski definition) is 6. The molecule has 0 spiro atoms. The van der Waals surface area contributed by atoms with Crippen LogP contribution < -0.4 is 19.8 Å². The minimum absolute atomic E-state index is 0.161. The second kappa shape index (κ2) is 6.46. The van der Waals surface area contributed by atoms with Gasteiger partial charge in [0.1, 0.15) is 11.3 Å². The molecule has 0 bridgehead atoms. The van der Waals surface area contributed by atoms with Gasteiger partial charge in [-0.1, -0.05) is 19.9 Å². The number of esters is 1. The molecule has 0 saturated heterocycles. The molecule has 0 radical (unpaired) electrons. The number of carbonyl (C=O) groups is 1. The first-order valence-corrected chi connectivity index (χ1v) is 8.63. The van der Waals surface area contributed by atoms with Gasteiger partial charge in [0.05, 0.1) is 11.5 Å². The van der Waals surface area contributed by atoms with Crippen molar-refractivity contribution in [1.29, 1.82) is 0 Å². The second-order valence-electron chi connectivity index (χ2n) is 6.69. The summed E-state index contributed by atoms with van der Waals surface area (Å²) in [6.45, 7) is 5.54. The quantitative estimate of drug-likeness (QED) is 0.395. The SMILES string of the molecule is Cc1c(-c2ccc3c(c2)OCO3)c(=O)oc2ccc(OC(=O)C(C)C)cc12. The molecule has 1 aliphatic heterocycles. The van der Waals surface area contributed by atoms with Crippen LogP contribution in [0.15, 0.2) is 45.6 Å². The van der Waals surface area contributed by atoms with Gasteiger partial charge in [0.25, 0.3) is 0 Å². The molecule has 1 aliphatic rings. The zero-order valence-corrected chi connectivity index (χ0v) is 15.2. The van der Waals surface area contributed by atoms with Crippen LogP contribution in [0.1, 0.15) is 19.4 Å². The van der Waals surface area contributed by atoms with Crippen molar-refractivity contribution in [3.63, 3.8) is 0 Å². The van der Waals surface area contributed by atoms with Gasteiger partial charge in [0.15, 0.2) is 11.5 Å². The number of carbonyl (C=O) groups excluding carboxylic acids is 1. The van der Waals surface area contributed by atoms with Crippen molar-refractivity contribution in [2.24, 2.45) is 5.92 Å². The standard InChI is InChI=1S/C21H18O6/c1-11(2)20(22)26-14-5-7-16-15(9-14)12(3)19(21(23)27-16)13-4-6-17-18(8-13)25-10-24-17/h4-9,11H,10H2,1-3H3. The van der Waals surface area contributed by atoms with Crippen LogP contribution in [0.4, 0.5) is 0 Å². The monoisotopic (exact) mass is 366 g/mol. The number of aryl methyl sites for hydroxylation is 1. The Labute approximate surface area is 155 Å². The third-order valence-corrected chi connectivity index (χ3v) is 4.49. The summed E-state index contributed by atoms with van der Waals surface area (Å²) in [6, 6.07) is 10.3. The van der Waals surface area contributed by atoms with Crippen LogP contribution in [-0.4, -0.2) is 12.8 Å². The molecule has 0 N–H and O–H groups in total. The lowest BCUT2D eigenvalue weighted by Gasteiger charge is -2.11. The summed E-state index contributed by atoms with van der Waals surface area (Å²) in [6.07, 6.45) is 0. The van der Waals surface area contributed by atoms with E-state index in [1.54, 1.807) is 50.2 Å². The Morgan fingerprint density at radius 3 is 2.63 bits per heavy atom. The van der Waals surface area contributed by atoms with Crippen LogP contribution in [-0.2, 0) is 4.79 Å². The highest BCUT2D eigenvalue weighted by Crippen LogP contribution is 2.37. The third kappa shape index (κ3) is 3.03. The van der Waals surface area contributed by atoms with Crippen molar-refractivity contribution in [3.05, 3.63) is 52.4 Å².